The zero-order valence-corrected chi connectivity index (χ0v) is 92.5. The molecule has 0 radical (unpaired) electrons. The number of nitrogens with zero attached hydrogens (tertiary/aromatic N) is 6. The molecule has 766 valence electrons. The molecule has 0 aliphatic heterocycles. The molecule has 0 heterocycles. The maximum absolute atomic E-state index is 11.9. The SMILES string of the molecule is C/C(=C\CCc1ccccc1)[N+](=O)[O-].C=C(/C=C/OC)O[Si](C)(C)C.CC(=CCCc1ccccc1)[N+](=O)[O-].CC(C(O)CCc1ccccc1)[N+](=O)[O-].CC(C)O.CC[N+](=O)[O-].CO[C@H]1CC(=O)C[C@@H](CCc2ccccc2)[C@]1(C)[N+](=O)[O-].CO[C@H]1CC(N)C[C@@H](CCc2ccccc2)[C@]1(C)[N+](=O)[O-].O=CCCc1ccccc1.[2H][I-]C.[Cl][Cu].[F-].[K+].c1ccc(P(c2ccccc2)c2ccccc2)cc1. The molecule has 2 aliphatic carbocycles. The molecule has 27 nitrogen and oxygen atoms in total. The van der Waals surface area contributed by atoms with Crippen molar-refractivity contribution in [1.29, 1.82) is 0.594 Å². The third kappa shape index (κ3) is 59.0. The number of rotatable bonds is 34. The molecule has 0 amide bonds. The predicted octanol–water partition coefficient (Wildman–Crippen LogP) is 12.3. The normalized spacial score (nSPS) is 16.9. The molecule has 34 heteroatoms. The summed E-state index contributed by atoms with van der Waals surface area (Å²) >= 11 is 3.50. The van der Waals surface area contributed by atoms with Crippen LogP contribution in [0.5, 0.6) is 0 Å². The second-order valence-corrected chi connectivity index (χ2v) is 40.1. The minimum Gasteiger partial charge on any atom is -1.00 e. The largest absolute Gasteiger partial charge is 1.00 e. The summed E-state index contributed by atoms with van der Waals surface area (Å²) in [5, 5.41) is 85.1. The van der Waals surface area contributed by atoms with Gasteiger partial charge >= 0.3 is 105 Å². The van der Waals surface area contributed by atoms with Crippen molar-refractivity contribution >= 4 is 54.3 Å². The Labute approximate surface area is 899 Å². The summed E-state index contributed by atoms with van der Waals surface area (Å²) < 4.78 is 27.2. The number of aryl methyl sites for hydroxylation is 6. The first-order chi connectivity index (χ1) is 66.2. The molecule has 2 saturated carbocycles. The number of allylic oxidation sites excluding steroid dienone is 5. The summed E-state index contributed by atoms with van der Waals surface area (Å²) in [4.78, 5) is 85.2. The van der Waals surface area contributed by atoms with E-state index in [-0.39, 0.29) is 164 Å². The minimum atomic E-state index is -1.48. The van der Waals surface area contributed by atoms with Crippen LogP contribution < -0.4 is 100 Å². The van der Waals surface area contributed by atoms with Crippen LogP contribution in [0.15, 0.2) is 321 Å². The van der Waals surface area contributed by atoms with Crippen molar-refractivity contribution in [1.82, 2.24) is 0 Å². The molecular weight excluding hydrogens is 2030 g/mol. The number of hydrogen-bond donors (Lipinski definition) is 3. The molecular formula is C106H144ClCuFIKN7O20PSi-. The number of hydrogen-bond acceptors (Lipinski definition) is 21. The number of benzene rings is 9. The van der Waals surface area contributed by atoms with E-state index in [1.807, 2.05) is 175 Å². The van der Waals surface area contributed by atoms with Gasteiger partial charge in [-0.25, -0.2) is 0 Å². The standard InChI is InChI=1S/C18H15P.C16H24N2O3.C16H21NO4.C11H15NO3.2C11H13NO2.C9H10O.C8H16O2Si.C3H8O.C2H5NO2.CH4I.ClH.Cu.FH.K/c1-4-10-16(11-5-1)19(17-12-6-2-7-13-17)18-14-8-3-9-15-18;1-16(18(19)20)13(10-14(17)11-15(16)21-2)9-8-12-6-4-3-5-7-12;1-16(17(19)20)13(10-14(18)11-15(16)21-2)9-8-12-6-4-3-5-7-12;1-9(12(14)15)11(13)8-7-10-5-3-2-4-6-10;2*1-10(12(13)14)6-5-9-11-7-3-2-4-8-11;10-8-4-7-9-5-2-1-3-6-9;1-8(6-7-9-2)10-11(3,4)5;1-3(2)4;1-2-3(4)5;1-2;;;;/h1-15H;3-7,13-15H,8-11,17H2,1-2H3;3-7,13,15H,8-11H2,1-2H3;2-6,9,11,13H,7-8H2,1H3;2*2-4,6-8H,5,9H2,1H3;1-3,5-6,8H,4,7H2;6-7H,1H2,2-5H3;3-4H,1-2H3;2H2,1H3;2H,1H3;1H;;1H;/q;;;;;;;;;;-1;;+1;;+1/p-2/b;;;;10-6+;;;7-6+;;;;;;;/t;13-,14?,15+,16+;13-,15+,16+;;;;;;;;;;;;/m.11............/s1/i;;;;;;;;;;2D;;;;. The average molecular weight is 2180 g/mol. The number of alkyl halides is 1. The van der Waals surface area contributed by atoms with Gasteiger partial charge in [-0.05, 0) is 186 Å². The van der Waals surface area contributed by atoms with Crippen molar-refractivity contribution in [3.8, 4) is 0 Å². The Morgan fingerprint density at radius 3 is 1.11 bits per heavy atom. The number of aliphatic hydroxyl groups is 2. The Bertz CT molecular complexity index is 4790. The van der Waals surface area contributed by atoms with Crippen LogP contribution in [0.2, 0.25) is 19.6 Å². The number of carbonyl (C=O) groups excluding carboxylic acids is 2. The summed E-state index contributed by atoms with van der Waals surface area (Å²) in [5.41, 5.74) is 11.3. The van der Waals surface area contributed by atoms with Crippen LogP contribution in [0.25, 0.3) is 0 Å². The minimum absolute atomic E-state index is 0. The zero-order chi connectivity index (χ0) is 105. The van der Waals surface area contributed by atoms with Gasteiger partial charge < -0.3 is 44.1 Å². The van der Waals surface area contributed by atoms with Crippen LogP contribution >= 0.6 is 18.0 Å². The molecule has 2 fully saturated rings. The molecule has 9 aromatic rings. The van der Waals surface area contributed by atoms with Crippen LogP contribution in [-0.4, -0.2) is 141 Å². The number of methoxy groups -OCH3 is 3. The molecule has 0 aromatic heterocycles. The molecule has 4 N–H and O–H groups in total. The molecule has 2 aliphatic rings. The maximum atomic E-state index is 11.9. The number of nitro groups is 6. The number of aliphatic hydroxyl groups excluding tert-OH is 2. The number of halogens is 3. The number of nitrogens with two attached hydrogens (primary N) is 1. The topological polar surface area (TPSA) is 396 Å². The number of Topliss-reactive ketones (excluding diaryl/α,β-unsaturated/α-hetero) is 1. The molecule has 9 atom stereocenters. The van der Waals surface area contributed by atoms with Crippen LogP contribution in [-0.2, 0) is 81.9 Å². The number of aldehydes is 1. The second-order valence-electron chi connectivity index (χ2n) is 33.4. The van der Waals surface area contributed by atoms with Gasteiger partial charge in [0.25, 0.3) is 0 Å². The fraction of sp³-hybridized carbons (Fsp3) is 0.396. The van der Waals surface area contributed by atoms with Gasteiger partial charge in [-0.15, -0.1) is 0 Å². The van der Waals surface area contributed by atoms with Gasteiger partial charge in [0.05, 0.1) is 29.0 Å². The Kier molecular flexibility index (Phi) is 76.2. The number of carbonyl (C=O) groups is 2. The predicted molar refractivity (Wildman–Crippen MR) is 552 cm³/mol. The fourth-order valence-corrected chi connectivity index (χ4v) is 17.1. The van der Waals surface area contributed by atoms with Crippen LogP contribution in [0.4, 0.5) is 0 Å². The molecule has 0 spiro atoms. The van der Waals surface area contributed by atoms with Crippen molar-refractivity contribution in [2.45, 2.75) is 225 Å². The number of ether oxygens (including phenoxy) is 3. The molecule has 0 bridgehead atoms. The van der Waals surface area contributed by atoms with Gasteiger partial charge in [0.1, 0.15) is 30.4 Å². The van der Waals surface area contributed by atoms with Gasteiger partial charge in [-0.3, -0.25) is 65.5 Å². The van der Waals surface area contributed by atoms with Gasteiger partial charge in [-0.1, -0.05) is 280 Å². The first-order valence-electron chi connectivity index (χ1n) is 45.7. The smallest absolute Gasteiger partial charge is 1.00 e. The fourth-order valence-electron chi connectivity index (χ4n) is 14.0. The van der Waals surface area contributed by atoms with Gasteiger partial charge in [0, 0.05) is 125 Å². The molecule has 140 heavy (non-hydrogen) atoms. The van der Waals surface area contributed by atoms with E-state index in [0.29, 0.717) is 44.3 Å². The van der Waals surface area contributed by atoms with Crippen molar-refractivity contribution in [3.63, 3.8) is 0 Å². The van der Waals surface area contributed by atoms with E-state index >= 15 is 0 Å². The summed E-state index contributed by atoms with van der Waals surface area (Å²) in [6.45, 7) is 22.8. The van der Waals surface area contributed by atoms with Gasteiger partial charge in [0.15, 0.2) is 0 Å². The van der Waals surface area contributed by atoms with Crippen LogP contribution in [0.3, 0.4) is 0 Å². The average Bonchev–Trinajstić information content (AvgIpc) is 0.774. The first-order valence-corrected chi connectivity index (χ1v) is 53.6. The van der Waals surface area contributed by atoms with E-state index in [4.69, 9.17) is 30.1 Å². The summed E-state index contributed by atoms with van der Waals surface area (Å²) in [5.74, 6) is 0.366. The maximum Gasteiger partial charge on any atom is 1.00 e. The molecule has 11 rings (SSSR count). The Morgan fingerprint density at radius 1 is 0.543 bits per heavy atom. The zero-order valence-electron chi connectivity index (χ0n) is 84.6. The third-order valence-electron chi connectivity index (χ3n) is 21.5. The summed E-state index contributed by atoms with van der Waals surface area (Å²) in [6.07, 6.45) is 15.8. The summed E-state index contributed by atoms with van der Waals surface area (Å²) in [6, 6.07) is 90.9. The van der Waals surface area contributed by atoms with E-state index in [0.717, 1.165) is 68.8 Å². The van der Waals surface area contributed by atoms with Crippen LogP contribution in [0.1, 0.15) is 153 Å². The Hall–Kier alpha value is -9.17. The third-order valence-corrected chi connectivity index (χ3v) is 24.9. The summed E-state index contributed by atoms with van der Waals surface area (Å²) in [7, 11) is 6.86. The van der Waals surface area contributed by atoms with E-state index < -0.39 is 56.6 Å². The van der Waals surface area contributed by atoms with E-state index in [1.54, 1.807) is 66.4 Å². The first kappa shape index (κ1) is 133. The van der Waals surface area contributed by atoms with Crippen molar-refractivity contribution in [2.24, 2.45) is 17.6 Å². The molecule has 0 saturated heterocycles. The van der Waals surface area contributed by atoms with Crippen molar-refractivity contribution in [2.75, 3.05) is 32.8 Å². The quantitative estimate of drug-likeness (QED) is 0.00388. The number of ketones is 1. The van der Waals surface area contributed by atoms with E-state index in [2.05, 4.69) is 155 Å². The molecule has 9 aromatic carbocycles. The van der Waals surface area contributed by atoms with Gasteiger partial charge in [0.2, 0.25) is 43.4 Å². The van der Waals surface area contributed by atoms with Crippen molar-refractivity contribution in [3.05, 3.63) is 415 Å². The Balaban J connectivity index is -0.00000152. The van der Waals surface area contributed by atoms with Gasteiger partial charge in [-0.2, -0.15) is 0 Å². The molecule has 3 unspecified atom stereocenters. The van der Waals surface area contributed by atoms with Crippen LogP contribution in [0, 0.1) is 72.5 Å². The van der Waals surface area contributed by atoms with E-state index in [1.165, 1.54) is 73.0 Å². The monoisotopic (exact) mass is 2180 g/mol. The van der Waals surface area contributed by atoms with Crippen molar-refractivity contribution < 1.29 is 162 Å². The Morgan fingerprint density at radius 2 is 0.836 bits per heavy atom. The van der Waals surface area contributed by atoms with E-state index in [9.17, 15) is 75.4 Å². The second kappa shape index (κ2) is 80.3.